The zero-order valence-electron chi connectivity index (χ0n) is 11.8. The SMILES string of the molecule is CC(C(=O)OOc1ccccc1)C(=O)OOc1ccccc1. The maximum atomic E-state index is 11.7. The van der Waals surface area contributed by atoms with Crippen LogP contribution in [0.4, 0.5) is 0 Å². The molecule has 0 bridgehead atoms. The summed E-state index contributed by atoms with van der Waals surface area (Å²) >= 11 is 0. The zero-order valence-corrected chi connectivity index (χ0v) is 11.8. The topological polar surface area (TPSA) is 71.1 Å². The van der Waals surface area contributed by atoms with Crippen LogP contribution in [0.5, 0.6) is 11.5 Å². The average Bonchev–Trinajstić information content (AvgIpc) is 2.58. The normalized spacial score (nSPS) is 9.91. The van der Waals surface area contributed by atoms with Crippen LogP contribution >= 0.6 is 0 Å². The Morgan fingerprint density at radius 2 is 1.09 bits per heavy atom. The van der Waals surface area contributed by atoms with Crippen molar-refractivity contribution in [2.75, 3.05) is 0 Å². The van der Waals surface area contributed by atoms with Crippen molar-refractivity contribution in [3.05, 3.63) is 60.7 Å². The van der Waals surface area contributed by atoms with Gasteiger partial charge in [0.05, 0.1) is 0 Å². The van der Waals surface area contributed by atoms with Gasteiger partial charge in [0.15, 0.2) is 17.4 Å². The Bertz CT molecular complexity index is 556. The molecule has 0 heterocycles. The highest BCUT2D eigenvalue weighted by atomic mass is 17.2. The van der Waals surface area contributed by atoms with Gasteiger partial charge >= 0.3 is 11.9 Å². The zero-order chi connectivity index (χ0) is 15.8. The maximum absolute atomic E-state index is 11.7. The van der Waals surface area contributed by atoms with E-state index in [9.17, 15) is 9.59 Å². The number of hydrogen-bond acceptors (Lipinski definition) is 6. The van der Waals surface area contributed by atoms with Gasteiger partial charge in [-0.15, -0.1) is 0 Å². The fourth-order valence-electron chi connectivity index (χ4n) is 1.37. The quantitative estimate of drug-likeness (QED) is 0.464. The molecule has 2 aromatic rings. The second-order valence-corrected chi connectivity index (χ2v) is 4.32. The maximum Gasteiger partial charge on any atom is 0.369 e. The van der Waals surface area contributed by atoms with E-state index in [0.717, 1.165) is 0 Å². The third kappa shape index (κ3) is 4.52. The lowest BCUT2D eigenvalue weighted by Gasteiger charge is -2.09. The highest BCUT2D eigenvalue weighted by Crippen LogP contribution is 2.12. The molecule has 114 valence electrons. The van der Waals surface area contributed by atoms with E-state index in [0.29, 0.717) is 11.5 Å². The van der Waals surface area contributed by atoms with Gasteiger partial charge in [0.25, 0.3) is 0 Å². The molecule has 0 saturated heterocycles. The summed E-state index contributed by atoms with van der Waals surface area (Å²) in [5.74, 6) is -2.27. The molecule has 0 unspecified atom stereocenters. The molecule has 0 amide bonds. The van der Waals surface area contributed by atoms with Crippen molar-refractivity contribution in [1.29, 1.82) is 0 Å². The molecule has 0 N–H and O–H groups in total. The summed E-state index contributed by atoms with van der Waals surface area (Å²) in [6, 6.07) is 16.9. The summed E-state index contributed by atoms with van der Waals surface area (Å²) in [4.78, 5) is 42.1. The largest absolute Gasteiger partial charge is 0.369 e. The van der Waals surface area contributed by atoms with Gasteiger partial charge in [0.2, 0.25) is 0 Å². The minimum Gasteiger partial charge on any atom is -0.287 e. The third-order valence-corrected chi connectivity index (χ3v) is 2.63. The van der Waals surface area contributed by atoms with E-state index in [1.165, 1.54) is 6.92 Å². The van der Waals surface area contributed by atoms with Gasteiger partial charge in [-0.25, -0.2) is 19.4 Å². The van der Waals surface area contributed by atoms with Crippen molar-refractivity contribution in [3.63, 3.8) is 0 Å². The van der Waals surface area contributed by atoms with E-state index in [-0.39, 0.29) is 0 Å². The molecule has 0 saturated carbocycles. The molecule has 0 aliphatic carbocycles. The van der Waals surface area contributed by atoms with E-state index in [1.54, 1.807) is 60.7 Å². The van der Waals surface area contributed by atoms with E-state index in [1.807, 2.05) is 0 Å². The summed E-state index contributed by atoms with van der Waals surface area (Å²) in [7, 11) is 0. The second kappa shape index (κ2) is 7.68. The standard InChI is InChI=1S/C16H14O6/c1-12(15(17)21-19-13-8-4-2-5-9-13)16(18)22-20-14-10-6-3-7-11-14/h2-12H,1H3. The molecule has 2 aromatic carbocycles. The van der Waals surface area contributed by atoms with E-state index < -0.39 is 17.9 Å². The highest BCUT2D eigenvalue weighted by molar-refractivity contribution is 5.94. The number of para-hydroxylation sites is 2. The molecular formula is C16H14O6. The first-order chi connectivity index (χ1) is 10.7. The van der Waals surface area contributed by atoms with Crippen molar-refractivity contribution < 1.29 is 29.1 Å². The van der Waals surface area contributed by atoms with Gasteiger partial charge in [-0.3, -0.25) is 9.78 Å². The van der Waals surface area contributed by atoms with Crippen molar-refractivity contribution in [3.8, 4) is 11.5 Å². The van der Waals surface area contributed by atoms with Crippen molar-refractivity contribution >= 4 is 11.9 Å². The first-order valence-electron chi connectivity index (χ1n) is 6.53. The second-order valence-electron chi connectivity index (χ2n) is 4.32. The Morgan fingerprint density at radius 1 is 0.727 bits per heavy atom. The first kappa shape index (κ1) is 15.4. The molecule has 0 atom stereocenters. The van der Waals surface area contributed by atoms with Gasteiger partial charge in [0, 0.05) is 0 Å². The van der Waals surface area contributed by atoms with Crippen LogP contribution in [0.25, 0.3) is 0 Å². The molecule has 6 heteroatoms. The molecule has 2 rings (SSSR count). The highest BCUT2D eigenvalue weighted by Gasteiger charge is 2.28. The first-order valence-corrected chi connectivity index (χ1v) is 6.53. The average molecular weight is 302 g/mol. The summed E-state index contributed by atoms with van der Waals surface area (Å²) in [5, 5.41) is 0. The van der Waals surface area contributed by atoms with Crippen LogP contribution in [-0.2, 0) is 19.4 Å². The number of benzene rings is 2. The summed E-state index contributed by atoms with van der Waals surface area (Å²) < 4.78 is 0. The third-order valence-electron chi connectivity index (χ3n) is 2.63. The number of carbonyl (C=O) groups excluding carboxylic acids is 2. The van der Waals surface area contributed by atoms with Crippen LogP contribution in [0.1, 0.15) is 6.92 Å². The lowest BCUT2D eigenvalue weighted by Crippen LogP contribution is -2.27. The van der Waals surface area contributed by atoms with E-state index >= 15 is 0 Å². The number of carbonyl (C=O) groups is 2. The molecule has 0 spiro atoms. The van der Waals surface area contributed by atoms with Crippen molar-refractivity contribution in [1.82, 2.24) is 0 Å². The monoisotopic (exact) mass is 302 g/mol. The van der Waals surface area contributed by atoms with Crippen LogP contribution in [-0.4, -0.2) is 11.9 Å². The van der Waals surface area contributed by atoms with Crippen LogP contribution in [0.3, 0.4) is 0 Å². The van der Waals surface area contributed by atoms with Gasteiger partial charge in [-0.05, 0) is 31.2 Å². The van der Waals surface area contributed by atoms with Crippen molar-refractivity contribution in [2.45, 2.75) is 6.92 Å². The van der Waals surface area contributed by atoms with Crippen LogP contribution in [0, 0.1) is 5.92 Å². The molecular weight excluding hydrogens is 288 g/mol. The smallest absolute Gasteiger partial charge is 0.287 e. The molecule has 0 fully saturated rings. The van der Waals surface area contributed by atoms with Crippen molar-refractivity contribution in [2.24, 2.45) is 5.92 Å². The fraction of sp³-hybridized carbons (Fsp3) is 0.125. The lowest BCUT2D eigenvalue weighted by atomic mass is 10.2. The Kier molecular flexibility index (Phi) is 5.37. The molecule has 0 aromatic heterocycles. The summed E-state index contributed by atoms with van der Waals surface area (Å²) in [6.07, 6.45) is 0. The Balaban J connectivity index is 1.78. The summed E-state index contributed by atoms with van der Waals surface area (Å²) in [5.41, 5.74) is 0. The predicted molar refractivity (Wildman–Crippen MR) is 75.5 cm³/mol. The van der Waals surface area contributed by atoms with Gasteiger partial charge in [0.1, 0.15) is 0 Å². The lowest BCUT2D eigenvalue weighted by molar-refractivity contribution is -0.233. The Hall–Kier alpha value is -3.02. The molecule has 0 radical (unpaired) electrons. The summed E-state index contributed by atoms with van der Waals surface area (Å²) in [6.45, 7) is 1.33. The Morgan fingerprint density at radius 3 is 1.45 bits per heavy atom. The molecule has 6 nitrogen and oxygen atoms in total. The van der Waals surface area contributed by atoms with Gasteiger partial charge < -0.3 is 0 Å². The predicted octanol–water partition coefficient (Wildman–Crippen LogP) is 2.70. The minimum absolute atomic E-state index is 0.344. The molecule has 22 heavy (non-hydrogen) atoms. The van der Waals surface area contributed by atoms with Crippen LogP contribution in [0.2, 0.25) is 0 Å². The molecule has 0 aliphatic rings. The van der Waals surface area contributed by atoms with Crippen LogP contribution in [0.15, 0.2) is 60.7 Å². The van der Waals surface area contributed by atoms with E-state index in [4.69, 9.17) is 9.78 Å². The van der Waals surface area contributed by atoms with Crippen LogP contribution < -0.4 is 9.78 Å². The number of hydrogen-bond donors (Lipinski definition) is 0. The number of rotatable bonds is 6. The molecule has 0 aliphatic heterocycles. The Labute approximate surface area is 127 Å². The van der Waals surface area contributed by atoms with E-state index in [2.05, 4.69) is 9.78 Å². The fourth-order valence-corrected chi connectivity index (χ4v) is 1.37. The minimum atomic E-state index is -1.19. The van der Waals surface area contributed by atoms with Gasteiger partial charge in [-0.1, -0.05) is 36.4 Å². The van der Waals surface area contributed by atoms with Gasteiger partial charge in [-0.2, -0.15) is 0 Å².